The van der Waals surface area contributed by atoms with Crippen molar-refractivity contribution in [2.24, 2.45) is 5.92 Å². The van der Waals surface area contributed by atoms with Crippen molar-refractivity contribution in [3.05, 3.63) is 0 Å². The van der Waals surface area contributed by atoms with Gasteiger partial charge >= 0.3 is 14.8 Å². The van der Waals surface area contributed by atoms with E-state index in [4.69, 9.17) is 32.2 Å². The highest BCUT2D eigenvalue weighted by molar-refractivity contribution is 7.99. The van der Waals surface area contributed by atoms with Crippen LogP contribution in [0, 0.1) is 5.92 Å². The Morgan fingerprint density at radius 3 is 1.78 bits per heavy atom. The largest absolute Gasteiger partial charge is 0.500 e. The van der Waals surface area contributed by atoms with Gasteiger partial charge in [0.25, 0.3) is 0 Å². The van der Waals surface area contributed by atoms with Crippen molar-refractivity contribution in [3.63, 3.8) is 0 Å². The molecule has 0 saturated carbocycles. The first-order valence-electron chi connectivity index (χ1n) is 11.9. The minimum atomic E-state index is -2.57. The third kappa shape index (κ3) is 17.3. The molecule has 0 radical (unpaired) electrons. The second-order valence-corrected chi connectivity index (χ2v) is 10.9. The first kappa shape index (κ1) is 31.8. The molecule has 0 aromatic carbocycles. The van der Waals surface area contributed by atoms with E-state index in [1.807, 2.05) is 27.7 Å². The summed E-state index contributed by atoms with van der Waals surface area (Å²) in [7, 11) is -2.57. The van der Waals surface area contributed by atoms with Gasteiger partial charge in [0.05, 0.1) is 39.0 Å². The fourth-order valence-electron chi connectivity index (χ4n) is 2.75. The van der Waals surface area contributed by atoms with E-state index in [9.17, 15) is 4.79 Å². The number of carbonyl (C=O) groups excluding carboxylic acids is 1. The second kappa shape index (κ2) is 22.6. The van der Waals surface area contributed by atoms with Crippen molar-refractivity contribution in [2.75, 3.05) is 77.6 Å². The molecule has 0 saturated heterocycles. The Balaban J connectivity index is 3.76. The lowest BCUT2D eigenvalue weighted by atomic mass is 10.2. The lowest BCUT2D eigenvalue weighted by molar-refractivity contribution is -0.148. The molecule has 0 aliphatic heterocycles. The van der Waals surface area contributed by atoms with Gasteiger partial charge in [-0.05, 0) is 39.4 Å². The van der Waals surface area contributed by atoms with Gasteiger partial charge < -0.3 is 32.2 Å². The van der Waals surface area contributed by atoms with Gasteiger partial charge in [0.15, 0.2) is 0 Å². The van der Waals surface area contributed by atoms with Crippen LogP contribution in [-0.4, -0.2) is 92.3 Å². The van der Waals surface area contributed by atoms with E-state index < -0.39 is 8.80 Å². The molecule has 0 rings (SSSR count). The number of ether oxygens (including phenoxy) is 4. The summed E-state index contributed by atoms with van der Waals surface area (Å²) in [4.78, 5) is 12.1. The molecular weight excluding hydrogens is 452 g/mol. The van der Waals surface area contributed by atoms with Crippen LogP contribution in [0.1, 0.15) is 47.5 Å². The van der Waals surface area contributed by atoms with Crippen LogP contribution in [0.2, 0.25) is 6.04 Å². The minimum absolute atomic E-state index is 0.154. The van der Waals surface area contributed by atoms with Crippen molar-refractivity contribution in [2.45, 2.75) is 53.5 Å². The quantitative estimate of drug-likeness (QED) is 0.112. The summed E-state index contributed by atoms with van der Waals surface area (Å²) in [6, 6.07) is 0.793. The van der Waals surface area contributed by atoms with Gasteiger partial charge in [-0.15, -0.1) is 0 Å². The van der Waals surface area contributed by atoms with Crippen molar-refractivity contribution >= 4 is 26.5 Å². The molecule has 0 aromatic rings. The highest BCUT2D eigenvalue weighted by atomic mass is 32.2. The average molecular weight is 499 g/mol. The third-order valence-electron chi connectivity index (χ3n) is 4.20. The van der Waals surface area contributed by atoms with Crippen LogP contribution >= 0.6 is 11.8 Å². The van der Waals surface area contributed by atoms with E-state index in [0.29, 0.717) is 52.9 Å². The van der Waals surface area contributed by atoms with Gasteiger partial charge in [-0.1, -0.05) is 13.8 Å². The zero-order chi connectivity index (χ0) is 23.9. The average Bonchev–Trinajstić information content (AvgIpc) is 2.77. The molecular formula is C22H46O8SSi. The predicted molar refractivity (Wildman–Crippen MR) is 130 cm³/mol. The monoisotopic (exact) mass is 498 g/mol. The number of hydrogen-bond acceptors (Lipinski definition) is 9. The van der Waals surface area contributed by atoms with Crippen LogP contribution in [0.25, 0.3) is 0 Å². The second-order valence-electron chi connectivity index (χ2n) is 7.07. The molecule has 192 valence electrons. The van der Waals surface area contributed by atoms with Crippen LogP contribution in [0.5, 0.6) is 0 Å². The molecule has 0 spiro atoms. The highest BCUT2D eigenvalue weighted by Crippen LogP contribution is 2.21. The van der Waals surface area contributed by atoms with Crippen molar-refractivity contribution in [1.82, 2.24) is 0 Å². The van der Waals surface area contributed by atoms with E-state index in [1.54, 1.807) is 11.8 Å². The molecule has 0 N–H and O–H groups in total. The SMILES string of the molecule is CCCOCCOCCOCCOC(=O)C(C)CSCCC[Si](OCC)(OCC)OCC. The molecule has 0 amide bonds. The number of thioether (sulfide) groups is 1. The fourth-order valence-corrected chi connectivity index (χ4v) is 6.62. The number of esters is 1. The smallest absolute Gasteiger partial charge is 0.463 e. The Morgan fingerprint density at radius 2 is 1.28 bits per heavy atom. The molecule has 10 heteroatoms. The maximum absolute atomic E-state index is 12.1. The first-order valence-corrected chi connectivity index (χ1v) is 15.0. The van der Waals surface area contributed by atoms with Gasteiger partial charge in [-0.25, -0.2) is 0 Å². The van der Waals surface area contributed by atoms with Crippen LogP contribution < -0.4 is 0 Å². The molecule has 1 unspecified atom stereocenters. The maximum Gasteiger partial charge on any atom is 0.500 e. The molecule has 1 atom stereocenters. The van der Waals surface area contributed by atoms with Crippen molar-refractivity contribution in [1.29, 1.82) is 0 Å². The Hall–Kier alpha value is -0.203. The lowest BCUT2D eigenvalue weighted by Gasteiger charge is -2.28. The van der Waals surface area contributed by atoms with Gasteiger partial charge in [0.2, 0.25) is 0 Å². The third-order valence-corrected chi connectivity index (χ3v) is 8.66. The highest BCUT2D eigenvalue weighted by Gasteiger charge is 2.39. The van der Waals surface area contributed by atoms with Gasteiger partial charge in [0, 0.05) is 38.2 Å². The van der Waals surface area contributed by atoms with Crippen molar-refractivity contribution < 1.29 is 37.0 Å². The van der Waals surface area contributed by atoms with Gasteiger partial charge in [-0.3, -0.25) is 4.79 Å². The zero-order valence-corrected chi connectivity index (χ0v) is 22.7. The summed E-state index contributed by atoms with van der Waals surface area (Å²) in [6.45, 7) is 15.2. The van der Waals surface area contributed by atoms with Crippen LogP contribution in [0.4, 0.5) is 0 Å². The van der Waals surface area contributed by atoms with Gasteiger partial charge in [-0.2, -0.15) is 11.8 Å². The Bertz CT molecular complexity index is 414. The minimum Gasteiger partial charge on any atom is -0.463 e. The van der Waals surface area contributed by atoms with E-state index in [1.165, 1.54) is 0 Å². The van der Waals surface area contributed by atoms with Crippen LogP contribution in [-0.2, 0) is 37.0 Å². The molecule has 0 bridgehead atoms. The normalized spacial score (nSPS) is 12.8. The van der Waals surface area contributed by atoms with E-state index in [2.05, 4.69) is 6.92 Å². The summed E-state index contributed by atoms with van der Waals surface area (Å²) in [5, 5.41) is 0. The van der Waals surface area contributed by atoms with Crippen LogP contribution in [0.15, 0.2) is 0 Å². The Morgan fingerprint density at radius 1 is 0.781 bits per heavy atom. The van der Waals surface area contributed by atoms with E-state index in [-0.39, 0.29) is 18.5 Å². The van der Waals surface area contributed by atoms with E-state index >= 15 is 0 Å². The topological polar surface area (TPSA) is 81.7 Å². The number of hydrogen-bond donors (Lipinski definition) is 0. The van der Waals surface area contributed by atoms with Crippen molar-refractivity contribution in [3.8, 4) is 0 Å². The number of rotatable bonds is 24. The summed E-state index contributed by atoms with van der Waals surface area (Å²) >= 11 is 1.74. The fraction of sp³-hybridized carbons (Fsp3) is 0.955. The van der Waals surface area contributed by atoms with Gasteiger partial charge in [0.1, 0.15) is 6.61 Å². The summed E-state index contributed by atoms with van der Waals surface area (Å²) in [5.41, 5.74) is 0. The predicted octanol–water partition coefficient (Wildman–Crippen LogP) is 3.80. The molecule has 0 heterocycles. The molecule has 8 nitrogen and oxygen atoms in total. The zero-order valence-electron chi connectivity index (χ0n) is 20.9. The van der Waals surface area contributed by atoms with E-state index in [0.717, 1.165) is 37.0 Å². The maximum atomic E-state index is 12.1. The molecule has 0 aromatic heterocycles. The summed E-state index contributed by atoms with van der Waals surface area (Å²) in [5.74, 6) is 1.30. The number of carbonyl (C=O) groups is 1. The summed E-state index contributed by atoms with van der Waals surface area (Å²) in [6.07, 6.45) is 1.94. The molecule has 0 aliphatic carbocycles. The van der Waals surface area contributed by atoms with Crippen LogP contribution in [0.3, 0.4) is 0 Å². The molecule has 0 aliphatic rings. The summed E-state index contributed by atoms with van der Waals surface area (Å²) < 4.78 is 39.0. The standard InChI is InChI=1S/C22H46O8SSi/c1-6-11-24-12-13-25-14-15-26-16-17-27-22(23)21(5)20-31-18-10-19-32(28-7-2,29-8-3)30-9-4/h21H,6-20H2,1-5H3. The Labute approximate surface area is 200 Å². The lowest BCUT2D eigenvalue weighted by Crippen LogP contribution is -2.46. The molecule has 32 heavy (non-hydrogen) atoms. The molecule has 0 fully saturated rings. The Kier molecular flexibility index (Phi) is 22.4. The first-order chi connectivity index (χ1) is 15.5.